The summed E-state index contributed by atoms with van der Waals surface area (Å²) in [5, 5.41) is 21.5. The number of pyridine rings is 2. The maximum atomic E-state index is 7.64. The molecule has 21 aromatic rings. The van der Waals surface area contributed by atoms with Crippen molar-refractivity contribution < 1.29 is 0 Å². The predicted molar refractivity (Wildman–Crippen MR) is 444 cm³/mol. The van der Waals surface area contributed by atoms with Gasteiger partial charge in [-0.1, -0.05) is 299 Å². The molecule has 0 aliphatic heterocycles. The van der Waals surface area contributed by atoms with Gasteiger partial charge in [0.25, 0.3) is 0 Å². The van der Waals surface area contributed by atoms with Crippen LogP contribution in [0.25, 0.3) is 211 Å². The Morgan fingerprint density at radius 2 is 0.629 bits per heavy atom. The Kier molecular flexibility index (Phi) is 13.7. The molecule has 0 saturated heterocycles. The van der Waals surface area contributed by atoms with E-state index < -0.39 is 0 Å². The van der Waals surface area contributed by atoms with E-state index in [2.05, 4.69) is 292 Å². The highest BCUT2D eigenvalue weighted by molar-refractivity contribution is 7.27. The molecule has 5 aromatic heterocycles. The first-order valence-corrected chi connectivity index (χ1v) is 37.1. The number of nitrogens with zero attached hydrogens (tertiary/aromatic N) is 6. The second-order valence-corrected chi connectivity index (χ2v) is 29.9. The van der Waals surface area contributed by atoms with Crippen molar-refractivity contribution in [1.82, 2.24) is 24.9 Å². The first-order chi connectivity index (χ1) is 51.8. The van der Waals surface area contributed by atoms with E-state index in [1.165, 1.54) is 128 Å². The Bertz CT molecular complexity index is 7160. The molecule has 22 rings (SSSR count). The lowest BCUT2D eigenvalue weighted by Crippen LogP contribution is -2.15. The number of hydrogen-bond donors (Lipinski definition) is 0. The van der Waals surface area contributed by atoms with Crippen LogP contribution in [0.4, 0.5) is 5.69 Å². The zero-order chi connectivity index (χ0) is 69.6. The number of hydrogen-bond acceptors (Lipinski definition) is 7. The molecule has 0 bridgehead atoms. The van der Waals surface area contributed by atoms with Gasteiger partial charge in [-0.25, -0.2) is 29.8 Å². The predicted octanol–water partition coefficient (Wildman–Crippen LogP) is 27.2. The van der Waals surface area contributed by atoms with Crippen molar-refractivity contribution in [2.45, 2.75) is 19.3 Å². The molecule has 1 aliphatic carbocycles. The largest absolute Gasteiger partial charge is 0.247 e. The van der Waals surface area contributed by atoms with E-state index in [4.69, 9.17) is 31.5 Å². The highest BCUT2D eigenvalue weighted by atomic mass is 32.1. The molecule has 0 atom stereocenters. The summed E-state index contributed by atoms with van der Waals surface area (Å²) in [5.41, 5.74) is 17.0. The maximum absolute atomic E-state index is 7.64. The molecule has 0 unspecified atom stereocenters. The van der Waals surface area contributed by atoms with Gasteiger partial charge in [0.05, 0.1) is 29.0 Å². The lowest BCUT2D eigenvalue weighted by molar-refractivity contribution is 0.661. The van der Waals surface area contributed by atoms with E-state index in [9.17, 15) is 0 Å². The van der Waals surface area contributed by atoms with E-state index >= 15 is 0 Å². The first kappa shape index (κ1) is 60.6. The Balaban J connectivity index is 0.000000135. The van der Waals surface area contributed by atoms with Gasteiger partial charge in [0.2, 0.25) is 0 Å². The summed E-state index contributed by atoms with van der Waals surface area (Å²) in [4.78, 5) is 30.2. The quantitative estimate of drug-likeness (QED) is 0.0943. The third-order valence-corrected chi connectivity index (χ3v) is 24.2. The Labute approximate surface area is 612 Å². The molecule has 0 radical (unpaired) electrons. The summed E-state index contributed by atoms with van der Waals surface area (Å²) in [6.45, 7) is 12.2. The molecule has 0 amide bonds. The molecular weight excluding hydrogens is 1310 g/mol. The van der Waals surface area contributed by atoms with Crippen molar-refractivity contribution in [3.63, 3.8) is 0 Å². The minimum absolute atomic E-state index is 0.223. The molecule has 6 nitrogen and oxygen atoms in total. The number of benzene rings is 16. The van der Waals surface area contributed by atoms with E-state index in [-0.39, 0.29) is 5.41 Å². The molecular formula is C97H58N6S2. The van der Waals surface area contributed by atoms with Crippen LogP contribution in [0.15, 0.2) is 315 Å². The molecule has 0 spiro atoms. The second-order valence-electron chi connectivity index (χ2n) is 27.8. The number of rotatable bonds is 6. The summed E-state index contributed by atoms with van der Waals surface area (Å²) >= 11 is 3.75. The molecule has 488 valence electrons. The average Bonchev–Trinajstić information content (AvgIpc) is 1.67. The highest BCUT2D eigenvalue weighted by Gasteiger charge is 2.36. The molecule has 0 N–H and O–H groups in total. The van der Waals surface area contributed by atoms with Crippen LogP contribution in [0.5, 0.6) is 0 Å². The third kappa shape index (κ3) is 9.35. The monoisotopic (exact) mass is 1370 g/mol. The van der Waals surface area contributed by atoms with E-state index in [1.54, 1.807) is 0 Å². The van der Waals surface area contributed by atoms with Gasteiger partial charge in [0, 0.05) is 106 Å². The maximum Gasteiger partial charge on any atom is 0.187 e. The van der Waals surface area contributed by atoms with Crippen molar-refractivity contribution in [3.05, 3.63) is 338 Å². The zero-order valence-electron chi connectivity index (χ0n) is 57.0. The summed E-state index contributed by atoms with van der Waals surface area (Å²) in [6, 6.07) is 112. The van der Waals surface area contributed by atoms with Gasteiger partial charge in [0.15, 0.2) is 23.2 Å². The van der Waals surface area contributed by atoms with Gasteiger partial charge in [-0.05, 0) is 107 Å². The summed E-state index contributed by atoms with van der Waals surface area (Å²) in [5.74, 6) is 1.92. The average molecular weight is 1370 g/mol. The van der Waals surface area contributed by atoms with Crippen LogP contribution in [0.2, 0.25) is 0 Å². The van der Waals surface area contributed by atoms with E-state index in [1.807, 2.05) is 65.1 Å². The van der Waals surface area contributed by atoms with Gasteiger partial charge in [-0.3, -0.25) is 0 Å². The molecule has 8 heteroatoms. The molecule has 1 aliphatic rings. The Hall–Kier alpha value is -13.2. The Morgan fingerprint density at radius 1 is 0.276 bits per heavy atom. The van der Waals surface area contributed by atoms with E-state index in [0.717, 1.165) is 71.6 Å². The van der Waals surface area contributed by atoms with Crippen molar-refractivity contribution in [2.75, 3.05) is 0 Å². The molecule has 16 aromatic carbocycles. The van der Waals surface area contributed by atoms with Crippen LogP contribution in [0.1, 0.15) is 25.0 Å². The van der Waals surface area contributed by atoms with Crippen molar-refractivity contribution in [1.29, 1.82) is 0 Å². The summed E-state index contributed by atoms with van der Waals surface area (Å²) in [6.07, 6.45) is 0. The van der Waals surface area contributed by atoms with Gasteiger partial charge in [-0.2, -0.15) is 0 Å². The normalized spacial score (nSPS) is 12.5. The lowest BCUT2D eigenvalue weighted by Gasteiger charge is -2.23. The zero-order valence-corrected chi connectivity index (χ0v) is 58.7. The minimum atomic E-state index is -0.223. The van der Waals surface area contributed by atoms with E-state index in [0.29, 0.717) is 23.2 Å². The molecule has 5 heterocycles. The Morgan fingerprint density at radius 3 is 1.08 bits per heavy atom. The number of fused-ring (bicyclic) bond motifs is 21. The van der Waals surface area contributed by atoms with Gasteiger partial charge >= 0.3 is 0 Å². The summed E-state index contributed by atoms with van der Waals surface area (Å²) < 4.78 is 5.20. The molecule has 0 fully saturated rings. The minimum Gasteiger partial charge on any atom is -0.247 e. The summed E-state index contributed by atoms with van der Waals surface area (Å²) in [7, 11) is 0. The number of para-hydroxylation sites is 2. The standard InChI is InChI=1S/C49H30N2S.C48H28N4S/c1-49(2)40-26-28(20-22-30(40)31-23-21-29(50-3)27-41(31)49)44-33-13-4-6-15-35(33)45(36-16-7-5-14-34(36)44)47-39-25-24-37-32-12-9-11-19-43(32)52-48(37)46(39)38-17-8-10-18-42(38)51-47;1-3-15-29(16-4-1)46-50-47(30-17-5-2-6-18-30)52-48(51-46)43-34-22-9-7-20-32(34)41(33-21-8-10-23-35(33)43)44-38-28-27-36-31-19-12-14-26-40(31)53-45(36)42(38)37-24-11-13-25-39(37)49-44/h4-27H,1-2H3;1-28H. The SMILES string of the molecule is [C-]#[N+]c1ccc2c(c1)C(C)(C)c1cc(-c3c4ccccc4c(-c4nc5ccccc5c5c4ccc4c6ccccc6sc45)c4ccccc34)ccc1-2.c1ccc(-c2nc(-c3ccccc3)nc(-c3c4ccccc4c(-c4nc5ccccc5c5c4ccc4c6ccccc6sc45)c4ccccc34)n2)cc1. The topological polar surface area (TPSA) is 68.8 Å². The van der Waals surface area contributed by atoms with Crippen LogP contribution < -0.4 is 0 Å². The molecule has 105 heavy (non-hydrogen) atoms. The van der Waals surface area contributed by atoms with Gasteiger partial charge in [0.1, 0.15) is 0 Å². The smallest absolute Gasteiger partial charge is 0.187 e. The lowest BCUT2D eigenvalue weighted by atomic mass is 9.80. The second kappa shape index (κ2) is 23.7. The fourth-order valence-electron chi connectivity index (χ4n) is 17.0. The van der Waals surface area contributed by atoms with Gasteiger partial charge in [-0.15, -0.1) is 22.7 Å². The van der Waals surface area contributed by atoms with Crippen molar-refractivity contribution in [2.24, 2.45) is 0 Å². The number of aromatic nitrogens is 5. The van der Waals surface area contributed by atoms with Crippen LogP contribution in [0, 0.1) is 6.57 Å². The molecule has 0 saturated carbocycles. The van der Waals surface area contributed by atoms with Crippen LogP contribution >= 0.6 is 22.7 Å². The van der Waals surface area contributed by atoms with Crippen molar-refractivity contribution >= 4 is 155 Å². The number of thiophene rings is 2. The highest BCUT2D eigenvalue weighted by Crippen LogP contribution is 2.55. The van der Waals surface area contributed by atoms with Crippen LogP contribution in [-0.4, -0.2) is 24.9 Å². The van der Waals surface area contributed by atoms with Crippen LogP contribution in [-0.2, 0) is 5.41 Å². The third-order valence-electron chi connectivity index (χ3n) is 21.8. The fourth-order valence-corrected chi connectivity index (χ4v) is 19.5. The fraction of sp³-hybridized carbons (Fsp3) is 0.0309. The van der Waals surface area contributed by atoms with Crippen molar-refractivity contribution in [3.8, 4) is 78.9 Å². The van der Waals surface area contributed by atoms with Crippen LogP contribution in [0.3, 0.4) is 0 Å². The van der Waals surface area contributed by atoms with Gasteiger partial charge < -0.3 is 0 Å². The first-order valence-electron chi connectivity index (χ1n) is 35.5.